The summed E-state index contributed by atoms with van der Waals surface area (Å²) in [5.41, 5.74) is 7.63. The Bertz CT molecular complexity index is 622. The molecule has 0 saturated carbocycles. The monoisotopic (exact) mass is 279 g/mol. The number of halogens is 1. The van der Waals surface area contributed by atoms with Crippen molar-refractivity contribution in [1.82, 2.24) is 9.78 Å². The summed E-state index contributed by atoms with van der Waals surface area (Å²) in [6.07, 6.45) is 0. The summed E-state index contributed by atoms with van der Waals surface area (Å²) in [6.45, 7) is 3.89. The molecule has 0 aliphatic rings. The molecule has 2 N–H and O–H groups in total. The Morgan fingerprint density at radius 3 is 2.95 bits per heavy atom. The fraction of sp³-hybridized carbons (Fsp3) is 0.231. The number of hydrogen-bond donors (Lipinski definition) is 1. The largest absolute Gasteiger partial charge is 0.461 e. The van der Waals surface area contributed by atoms with Crippen molar-refractivity contribution in [3.05, 3.63) is 40.5 Å². The predicted octanol–water partition coefficient (Wildman–Crippen LogP) is 2.59. The molecule has 0 aliphatic heterocycles. The van der Waals surface area contributed by atoms with E-state index in [0.717, 1.165) is 11.3 Å². The van der Waals surface area contributed by atoms with Gasteiger partial charge < -0.3 is 10.5 Å². The van der Waals surface area contributed by atoms with E-state index in [2.05, 4.69) is 5.10 Å². The number of nitrogen functional groups attached to an aromatic ring is 1. The van der Waals surface area contributed by atoms with Gasteiger partial charge in [-0.25, -0.2) is 9.48 Å². The molecular formula is C13H14ClN3O2. The molecule has 0 spiro atoms. The van der Waals surface area contributed by atoms with Gasteiger partial charge in [-0.3, -0.25) is 0 Å². The van der Waals surface area contributed by atoms with Gasteiger partial charge in [0.15, 0.2) is 5.69 Å². The number of anilines is 1. The van der Waals surface area contributed by atoms with Gasteiger partial charge in [0, 0.05) is 11.1 Å². The average molecular weight is 280 g/mol. The molecule has 100 valence electrons. The Morgan fingerprint density at radius 1 is 1.53 bits per heavy atom. The van der Waals surface area contributed by atoms with Gasteiger partial charge in [-0.05, 0) is 31.5 Å². The number of benzene rings is 1. The molecule has 1 aromatic carbocycles. The summed E-state index contributed by atoms with van der Waals surface area (Å²) < 4.78 is 6.37. The first-order chi connectivity index (χ1) is 9.04. The second-order valence-corrected chi connectivity index (χ2v) is 4.38. The number of rotatable bonds is 3. The molecule has 0 bridgehead atoms. The molecule has 0 unspecified atom stereocenters. The molecule has 0 atom stereocenters. The van der Waals surface area contributed by atoms with E-state index in [9.17, 15) is 4.79 Å². The molecular weight excluding hydrogens is 266 g/mol. The van der Waals surface area contributed by atoms with Crippen molar-refractivity contribution in [2.24, 2.45) is 0 Å². The van der Waals surface area contributed by atoms with Crippen LogP contribution in [0.3, 0.4) is 0 Å². The lowest BCUT2D eigenvalue weighted by Crippen LogP contribution is -2.07. The summed E-state index contributed by atoms with van der Waals surface area (Å²) in [4.78, 5) is 11.6. The second kappa shape index (κ2) is 5.32. The van der Waals surface area contributed by atoms with Crippen LogP contribution in [0.15, 0.2) is 24.3 Å². The van der Waals surface area contributed by atoms with Gasteiger partial charge in [0.1, 0.15) is 5.82 Å². The van der Waals surface area contributed by atoms with Gasteiger partial charge >= 0.3 is 5.97 Å². The van der Waals surface area contributed by atoms with Crippen molar-refractivity contribution in [2.45, 2.75) is 13.8 Å². The van der Waals surface area contributed by atoms with Gasteiger partial charge in [-0.2, -0.15) is 5.10 Å². The van der Waals surface area contributed by atoms with E-state index < -0.39 is 5.97 Å². The lowest BCUT2D eigenvalue weighted by Gasteiger charge is -2.08. The van der Waals surface area contributed by atoms with Gasteiger partial charge in [0.05, 0.1) is 12.3 Å². The molecule has 2 rings (SSSR count). The van der Waals surface area contributed by atoms with Crippen LogP contribution in [0.2, 0.25) is 5.02 Å². The van der Waals surface area contributed by atoms with Crippen molar-refractivity contribution >= 4 is 23.4 Å². The van der Waals surface area contributed by atoms with Crippen LogP contribution in [0.5, 0.6) is 0 Å². The van der Waals surface area contributed by atoms with E-state index in [4.69, 9.17) is 22.1 Å². The van der Waals surface area contributed by atoms with Crippen LogP contribution >= 0.6 is 11.6 Å². The highest BCUT2D eigenvalue weighted by Crippen LogP contribution is 2.24. The minimum Gasteiger partial charge on any atom is -0.461 e. The Kier molecular flexibility index (Phi) is 3.76. The van der Waals surface area contributed by atoms with Crippen LogP contribution in [-0.4, -0.2) is 22.4 Å². The van der Waals surface area contributed by atoms with E-state index in [1.165, 1.54) is 10.7 Å². The number of ether oxygens (including phenoxy) is 1. The minimum atomic E-state index is -0.493. The Hall–Kier alpha value is -2.01. The van der Waals surface area contributed by atoms with E-state index in [1.807, 2.05) is 13.0 Å². The van der Waals surface area contributed by atoms with E-state index in [1.54, 1.807) is 19.1 Å². The molecule has 0 radical (unpaired) electrons. The lowest BCUT2D eigenvalue weighted by molar-refractivity contribution is 0.0519. The zero-order chi connectivity index (χ0) is 14.0. The second-order valence-electron chi connectivity index (χ2n) is 3.97. The predicted molar refractivity (Wildman–Crippen MR) is 73.7 cm³/mol. The van der Waals surface area contributed by atoms with Crippen LogP contribution in [0.4, 0.5) is 5.82 Å². The number of nitrogens with two attached hydrogens (primary N) is 1. The van der Waals surface area contributed by atoms with Crippen molar-refractivity contribution in [1.29, 1.82) is 0 Å². The van der Waals surface area contributed by atoms with Crippen molar-refractivity contribution < 1.29 is 9.53 Å². The lowest BCUT2D eigenvalue weighted by atomic mass is 10.2. The number of hydrogen-bond acceptors (Lipinski definition) is 4. The third-order valence-electron chi connectivity index (χ3n) is 2.69. The third-order valence-corrected chi connectivity index (χ3v) is 3.10. The van der Waals surface area contributed by atoms with Crippen LogP contribution in [0.25, 0.3) is 5.69 Å². The summed E-state index contributed by atoms with van der Waals surface area (Å²) in [7, 11) is 0. The highest BCUT2D eigenvalue weighted by Gasteiger charge is 2.16. The first kappa shape index (κ1) is 13.4. The van der Waals surface area contributed by atoms with Gasteiger partial charge in [-0.1, -0.05) is 17.7 Å². The summed E-state index contributed by atoms with van der Waals surface area (Å²) in [6, 6.07) is 6.90. The molecule has 19 heavy (non-hydrogen) atoms. The Labute approximate surface area is 115 Å². The molecule has 2 aromatic rings. The summed E-state index contributed by atoms with van der Waals surface area (Å²) in [5.74, 6) is -0.138. The highest BCUT2D eigenvalue weighted by atomic mass is 35.5. The van der Waals surface area contributed by atoms with Gasteiger partial charge in [0.2, 0.25) is 0 Å². The SMILES string of the molecule is CCOC(=O)c1cc(N)n(-c2cccc(Cl)c2C)n1. The third kappa shape index (κ3) is 2.56. The van der Waals surface area contributed by atoms with Gasteiger partial charge in [-0.15, -0.1) is 0 Å². The first-order valence-electron chi connectivity index (χ1n) is 5.82. The van der Waals surface area contributed by atoms with E-state index in [-0.39, 0.29) is 5.69 Å². The smallest absolute Gasteiger partial charge is 0.358 e. The van der Waals surface area contributed by atoms with Crippen molar-refractivity contribution in [3.63, 3.8) is 0 Å². The molecule has 0 aliphatic carbocycles. The van der Waals surface area contributed by atoms with Crippen LogP contribution in [-0.2, 0) is 4.74 Å². The van der Waals surface area contributed by atoms with Crippen LogP contribution < -0.4 is 5.73 Å². The standard InChI is InChI=1S/C13H14ClN3O2/c1-3-19-13(18)10-7-12(15)17(16-10)11-6-4-5-9(14)8(11)2/h4-7H,3,15H2,1-2H3. The zero-order valence-electron chi connectivity index (χ0n) is 10.7. The van der Waals surface area contributed by atoms with Crippen molar-refractivity contribution in [2.75, 3.05) is 12.3 Å². The van der Waals surface area contributed by atoms with E-state index >= 15 is 0 Å². The molecule has 1 heterocycles. The molecule has 5 nitrogen and oxygen atoms in total. The van der Waals surface area contributed by atoms with Crippen LogP contribution in [0, 0.1) is 6.92 Å². The number of esters is 1. The quantitative estimate of drug-likeness (QED) is 0.877. The topological polar surface area (TPSA) is 70.1 Å². The molecule has 1 aromatic heterocycles. The normalized spacial score (nSPS) is 10.5. The minimum absolute atomic E-state index is 0.179. The fourth-order valence-corrected chi connectivity index (χ4v) is 1.89. The summed E-state index contributed by atoms with van der Waals surface area (Å²) >= 11 is 6.06. The van der Waals surface area contributed by atoms with Crippen molar-refractivity contribution in [3.8, 4) is 5.69 Å². The average Bonchev–Trinajstić information content (AvgIpc) is 2.75. The van der Waals surface area contributed by atoms with Gasteiger partial charge in [0.25, 0.3) is 0 Å². The molecule has 0 saturated heterocycles. The number of carbonyl (C=O) groups is 1. The zero-order valence-corrected chi connectivity index (χ0v) is 11.4. The highest BCUT2D eigenvalue weighted by molar-refractivity contribution is 6.31. The first-order valence-corrected chi connectivity index (χ1v) is 6.20. The fourth-order valence-electron chi connectivity index (χ4n) is 1.72. The molecule has 6 heteroatoms. The number of carbonyl (C=O) groups excluding carboxylic acids is 1. The summed E-state index contributed by atoms with van der Waals surface area (Å²) in [5, 5.41) is 4.77. The Balaban J connectivity index is 2.46. The maximum atomic E-state index is 11.6. The van der Waals surface area contributed by atoms with Crippen LogP contribution in [0.1, 0.15) is 23.0 Å². The maximum Gasteiger partial charge on any atom is 0.358 e. The maximum absolute atomic E-state index is 11.6. The Morgan fingerprint density at radius 2 is 2.26 bits per heavy atom. The number of nitrogens with zero attached hydrogens (tertiary/aromatic N) is 2. The molecule has 0 amide bonds. The van der Waals surface area contributed by atoms with E-state index in [0.29, 0.717) is 17.4 Å². The number of aromatic nitrogens is 2. The molecule has 0 fully saturated rings.